The van der Waals surface area contributed by atoms with Gasteiger partial charge in [-0.15, -0.1) is 0 Å². The quantitative estimate of drug-likeness (QED) is 0.359. The minimum atomic E-state index is -0.987. The van der Waals surface area contributed by atoms with Gasteiger partial charge in [-0.25, -0.2) is 4.98 Å². The van der Waals surface area contributed by atoms with E-state index in [1.165, 1.54) is 0 Å². The van der Waals surface area contributed by atoms with E-state index in [1.54, 1.807) is 6.26 Å². The second-order valence-corrected chi connectivity index (χ2v) is 9.95. The normalized spacial score (nSPS) is 12.6. The molecule has 1 amide bonds. The highest BCUT2D eigenvalue weighted by molar-refractivity contribution is 7.84. The fourth-order valence-electron chi connectivity index (χ4n) is 4.31. The first-order valence-corrected chi connectivity index (χ1v) is 13.3. The van der Waals surface area contributed by atoms with Gasteiger partial charge in [-0.2, -0.15) is 5.26 Å². The summed E-state index contributed by atoms with van der Waals surface area (Å²) in [7, 11) is -0.987. The van der Waals surface area contributed by atoms with Crippen molar-refractivity contribution in [2.45, 2.75) is 25.3 Å². The zero-order chi connectivity index (χ0) is 24.6. The predicted octanol–water partition coefficient (Wildman–Crippen LogP) is 5.14. The van der Waals surface area contributed by atoms with Crippen molar-refractivity contribution in [1.29, 1.82) is 5.26 Å². The third kappa shape index (κ3) is 6.00. The van der Waals surface area contributed by atoms with Crippen molar-refractivity contribution < 1.29 is 9.00 Å². The molecule has 0 fully saturated rings. The Bertz CT molecular complexity index is 1380. The topological polar surface area (TPSA) is 82.8 Å². The highest BCUT2D eigenvalue weighted by Crippen LogP contribution is 2.31. The second kappa shape index (κ2) is 11.5. The number of carbonyl (C=O) groups is 1. The Hall–Kier alpha value is -3.82. The molecule has 1 heterocycles. The van der Waals surface area contributed by atoms with Crippen LogP contribution in [-0.4, -0.2) is 27.1 Å². The largest absolute Gasteiger partial charge is 0.348 e. The molecule has 1 aromatic heterocycles. The highest BCUT2D eigenvalue weighted by atomic mass is 32.2. The molecule has 2 atom stereocenters. The number of para-hydroxylation sites is 1. The third-order valence-corrected chi connectivity index (χ3v) is 6.75. The van der Waals surface area contributed by atoms with E-state index in [4.69, 9.17) is 4.98 Å². The van der Waals surface area contributed by atoms with Crippen LogP contribution in [0.15, 0.2) is 84.9 Å². The average molecular weight is 482 g/mol. The molecule has 0 saturated carbocycles. The smallest absolute Gasteiger partial charge is 0.224 e. The molecule has 0 spiro atoms. The van der Waals surface area contributed by atoms with Crippen LogP contribution in [-0.2, 0) is 28.4 Å². The Balaban J connectivity index is 1.77. The van der Waals surface area contributed by atoms with E-state index < -0.39 is 10.8 Å². The van der Waals surface area contributed by atoms with Crippen molar-refractivity contribution >= 4 is 27.6 Å². The summed E-state index contributed by atoms with van der Waals surface area (Å²) < 4.78 is 12.0. The van der Waals surface area contributed by atoms with E-state index in [9.17, 15) is 14.3 Å². The van der Waals surface area contributed by atoms with Crippen LogP contribution in [0.1, 0.15) is 29.2 Å². The van der Waals surface area contributed by atoms with Crippen molar-refractivity contribution in [3.8, 4) is 17.3 Å². The number of nitrogens with one attached hydrogen (secondary N) is 1. The average Bonchev–Trinajstić information content (AvgIpc) is 2.88. The number of nitrogens with zero attached hydrogens (tertiary/aromatic N) is 2. The summed E-state index contributed by atoms with van der Waals surface area (Å²) in [5.74, 6) is 0.318. The first-order chi connectivity index (χ1) is 17.1. The lowest BCUT2D eigenvalue weighted by Crippen LogP contribution is -2.30. The molecule has 3 aromatic carbocycles. The minimum Gasteiger partial charge on any atom is -0.348 e. The Labute approximate surface area is 208 Å². The molecular weight excluding hydrogens is 454 g/mol. The first kappa shape index (κ1) is 24.3. The molecule has 2 unspecified atom stereocenters. The molecule has 6 heteroatoms. The Morgan fingerprint density at radius 2 is 1.63 bits per heavy atom. The number of pyridine rings is 1. The molecule has 4 rings (SSSR count). The van der Waals surface area contributed by atoms with Gasteiger partial charge in [0, 0.05) is 33.8 Å². The lowest BCUT2D eigenvalue weighted by atomic mass is 9.92. The fourth-order valence-corrected chi connectivity index (χ4v) is 4.80. The van der Waals surface area contributed by atoms with Crippen molar-refractivity contribution in [3.05, 3.63) is 102 Å². The van der Waals surface area contributed by atoms with E-state index in [0.717, 1.165) is 38.9 Å². The van der Waals surface area contributed by atoms with Crippen LogP contribution in [0.3, 0.4) is 0 Å². The van der Waals surface area contributed by atoms with Crippen molar-refractivity contribution in [3.63, 3.8) is 0 Å². The zero-order valence-corrected chi connectivity index (χ0v) is 20.4. The van der Waals surface area contributed by atoms with Gasteiger partial charge in [-0.05, 0) is 29.2 Å². The molecule has 4 aromatic rings. The molecule has 0 bridgehead atoms. The maximum atomic E-state index is 13.4. The summed E-state index contributed by atoms with van der Waals surface area (Å²) in [4.78, 5) is 18.3. The highest BCUT2D eigenvalue weighted by Gasteiger charge is 2.21. The molecule has 35 heavy (non-hydrogen) atoms. The summed E-state index contributed by atoms with van der Waals surface area (Å²) in [6.07, 6.45) is 2.57. The number of rotatable bonds is 9. The monoisotopic (exact) mass is 481 g/mol. The SMILES string of the molecule is CS(=O)CCc1c(-c2ccccc2)nc2ccccc2c1CC(=O)NC(CC#N)c1ccccc1. The number of hydrogen-bond donors (Lipinski definition) is 1. The van der Waals surface area contributed by atoms with Crippen molar-refractivity contribution in [2.24, 2.45) is 0 Å². The van der Waals surface area contributed by atoms with Crippen LogP contribution >= 0.6 is 0 Å². The van der Waals surface area contributed by atoms with Gasteiger partial charge in [0.2, 0.25) is 5.91 Å². The fraction of sp³-hybridized carbons (Fsp3) is 0.207. The molecule has 176 valence electrons. The van der Waals surface area contributed by atoms with Gasteiger partial charge < -0.3 is 5.32 Å². The van der Waals surface area contributed by atoms with Crippen LogP contribution in [0.2, 0.25) is 0 Å². The Morgan fingerprint density at radius 3 is 2.31 bits per heavy atom. The van der Waals surface area contributed by atoms with E-state index in [0.29, 0.717) is 12.2 Å². The van der Waals surface area contributed by atoms with Crippen LogP contribution < -0.4 is 5.32 Å². The molecule has 0 aliphatic carbocycles. The Kier molecular flexibility index (Phi) is 8.02. The van der Waals surface area contributed by atoms with E-state index in [2.05, 4.69) is 11.4 Å². The Morgan fingerprint density at radius 1 is 0.971 bits per heavy atom. The van der Waals surface area contributed by atoms with Crippen molar-refractivity contribution in [2.75, 3.05) is 12.0 Å². The number of fused-ring (bicyclic) bond motifs is 1. The summed E-state index contributed by atoms with van der Waals surface area (Å²) >= 11 is 0. The van der Waals surface area contributed by atoms with Crippen LogP contribution in [0.5, 0.6) is 0 Å². The summed E-state index contributed by atoms with van der Waals surface area (Å²) in [5.41, 5.74) is 5.32. The second-order valence-electron chi connectivity index (χ2n) is 8.40. The van der Waals surface area contributed by atoms with Crippen LogP contribution in [0, 0.1) is 11.3 Å². The summed E-state index contributed by atoms with van der Waals surface area (Å²) in [6, 6.07) is 29.0. The molecule has 0 aliphatic rings. The van der Waals surface area contributed by atoms with Gasteiger partial charge in [0.15, 0.2) is 0 Å². The molecular formula is C29H27N3O2S. The van der Waals surface area contributed by atoms with Crippen LogP contribution in [0.25, 0.3) is 22.2 Å². The number of hydrogen-bond acceptors (Lipinski definition) is 4. The van der Waals surface area contributed by atoms with Gasteiger partial charge in [-0.1, -0.05) is 78.9 Å². The molecule has 0 radical (unpaired) electrons. The van der Waals surface area contributed by atoms with Gasteiger partial charge in [0.25, 0.3) is 0 Å². The number of aromatic nitrogens is 1. The molecule has 0 saturated heterocycles. The molecule has 0 aliphatic heterocycles. The standard InChI is InChI=1S/C29H27N3O2S/c1-35(34)19-17-24-25(20-28(33)31-26(16-18-30)21-10-4-2-5-11-21)23-14-8-9-15-27(23)32-29(24)22-12-6-3-7-13-22/h2-15,26H,16-17,19-20H2,1H3,(H,31,33). The van der Waals surface area contributed by atoms with Gasteiger partial charge in [0.1, 0.15) is 0 Å². The molecule has 5 nitrogen and oxygen atoms in total. The predicted molar refractivity (Wildman–Crippen MR) is 141 cm³/mol. The summed E-state index contributed by atoms with van der Waals surface area (Å²) in [5, 5.41) is 13.3. The minimum absolute atomic E-state index is 0.142. The lowest BCUT2D eigenvalue weighted by molar-refractivity contribution is -0.121. The zero-order valence-electron chi connectivity index (χ0n) is 19.6. The maximum Gasteiger partial charge on any atom is 0.224 e. The van der Waals surface area contributed by atoms with E-state index in [-0.39, 0.29) is 24.8 Å². The third-order valence-electron chi connectivity index (χ3n) is 5.97. The van der Waals surface area contributed by atoms with Gasteiger partial charge in [0.05, 0.1) is 36.2 Å². The van der Waals surface area contributed by atoms with Crippen molar-refractivity contribution in [1.82, 2.24) is 10.3 Å². The summed E-state index contributed by atoms with van der Waals surface area (Å²) in [6.45, 7) is 0. The lowest BCUT2D eigenvalue weighted by Gasteiger charge is -2.20. The number of benzene rings is 3. The van der Waals surface area contributed by atoms with Gasteiger partial charge >= 0.3 is 0 Å². The van der Waals surface area contributed by atoms with E-state index >= 15 is 0 Å². The number of nitriles is 1. The maximum absolute atomic E-state index is 13.4. The number of amides is 1. The first-order valence-electron chi connectivity index (χ1n) is 11.5. The number of carbonyl (C=O) groups excluding carboxylic acids is 1. The van der Waals surface area contributed by atoms with Gasteiger partial charge in [-0.3, -0.25) is 9.00 Å². The van der Waals surface area contributed by atoms with Crippen LogP contribution in [0.4, 0.5) is 0 Å². The van der Waals surface area contributed by atoms with E-state index in [1.807, 2.05) is 84.9 Å². The molecule has 1 N–H and O–H groups in total.